The first-order valence-electron chi connectivity index (χ1n) is 10.4. The third-order valence-corrected chi connectivity index (χ3v) is 7.28. The standard InChI is InChI=1S/C21H24F3N5OS/c22-21(23,24)9-16-8-17-18(25-14-26-19(17)31-16)29-5-3-20(13-29)11-27(12-20)10-15-2-1-4-28(15)6-7-30/h1-2,4,8,14,30H,3,5-7,9-13H2. The second kappa shape index (κ2) is 7.75. The van der Waals surface area contributed by atoms with Crippen LogP contribution in [0.1, 0.15) is 17.0 Å². The fourth-order valence-corrected chi connectivity index (χ4v) is 5.99. The van der Waals surface area contributed by atoms with Crippen LogP contribution in [-0.2, 0) is 19.5 Å². The number of nitrogens with zero attached hydrogens (tertiary/aromatic N) is 5. The van der Waals surface area contributed by atoms with E-state index in [4.69, 9.17) is 0 Å². The van der Waals surface area contributed by atoms with Gasteiger partial charge in [-0.1, -0.05) is 0 Å². The lowest BCUT2D eigenvalue weighted by atomic mass is 9.79. The van der Waals surface area contributed by atoms with Gasteiger partial charge in [-0.25, -0.2) is 9.97 Å². The molecule has 2 saturated heterocycles. The smallest absolute Gasteiger partial charge is 0.393 e. The van der Waals surface area contributed by atoms with Gasteiger partial charge in [-0.2, -0.15) is 13.2 Å². The fourth-order valence-electron chi connectivity index (χ4n) is 4.97. The number of halogens is 3. The Labute approximate surface area is 181 Å². The van der Waals surface area contributed by atoms with Crippen molar-refractivity contribution in [3.8, 4) is 0 Å². The number of aliphatic hydroxyl groups is 1. The normalized spacial score (nSPS) is 18.9. The monoisotopic (exact) mass is 451 g/mol. The molecular weight excluding hydrogens is 427 g/mol. The second-order valence-corrected chi connectivity index (χ2v) is 9.77. The van der Waals surface area contributed by atoms with Crippen LogP contribution in [0.3, 0.4) is 0 Å². The third-order valence-electron chi connectivity index (χ3n) is 6.24. The summed E-state index contributed by atoms with van der Waals surface area (Å²) in [6, 6.07) is 5.71. The van der Waals surface area contributed by atoms with E-state index in [1.54, 1.807) is 6.07 Å². The van der Waals surface area contributed by atoms with Crippen molar-refractivity contribution in [2.24, 2.45) is 5.41 Å². The van der Waals surface area contributed by atoms with E-state index in [1.165, 1.54) is 12.0 Å². The minimum absolute atomic E-state index is 0.126. The first kappa shape index (κ1) is 20.7. The van der Waals surface area contributed by atoms with Crippen LogP contribution in [0.15, 0.2) is 30.7 Å². The van der Waals surface area contributed by atoms with E-state index < -0.39 is 12.6 Å². The summed E-state index contributed by atoms with van der Waals surface area (Å²) in [5.74, 6) is 0.752. The van der Waals surface area contributed by atoms with Gasteiger partial charge in [0.05, 0.1) is 18.4 Å². The van der Waals surface area contributed by atoms with Crippen molar-refractivity contribution >= 4 is 27.4 Å². The molecule has 0 radical (unpaired) electrons. The van der Waals surface area contributed by atoms with Gasteiger partial charge in [0.25, 0.3) is 0 Å². The van der Waals surface area contributed by atoms with E-state index in [0.717, 1.165) is 61.7 Å². The molecule has 0 aromatic carbocycles. The number of anilines is 1. The van der Waals surface area contributed by atoms with Crippen LogP contribution in [0.25, 0.3) is 10.2 Å². The van der Waals surface area contributed by atoms with Gasteiger partial charge in [-0.3, -0.25) is 4.90 Å². The van der Waals surface area contributed by atoms with Crippen LogP contribution in [0.2, 0.25) is 0 Å². The highest BCUT2D eigenvalue weighted by molar-refractivity contribution is 7.18. The van der Waals surface area contributed by atoms with Crippen LogP contribution in [0.4, 0.5) is 19.0 Å². The Bertz CT molecular complexity index is 1070. The molecule has 166 valence electrons. The Kier molecular flexibility index (Phi) is 5.18. The van der Waals surface area contributed by atoms with Gasteiger partial charge < -0.3 is 14.6 Å². The maximum Gasteiger partial charge on any atom is 0.393 e. The zero-order valence-corrected chi connectivity index (χ0v) is 17.8. The van der Waals surface area contributed by atoms with Gasteiger partial charge >= 0.3 is 6.18 Å². The van der Waals surface area contributed by atoms with E-state index >= 15 is 0 Å². The summed E-state index contributed by atoms with van der Waals surface area (Å²) in [5, 5.41) is 9.92. The molecule has 10 heteroatoms. The Morgan fingerprint density at radius 1 is 1.19 bits per heavy atom. The van der Waals surface area contributed by atoms with Gasteiger partial charge in [0, 0.05) is 61.5 Å². The van der Waals surface area contributed by atoms with Gasteiger partial charge in [0.1, 0.15) is 17.0 Å². The van der Waals surface area contributed by atoms with E-state index in [-0.39, 0.29) is 16.9 Å². The maximum atomic E-state index is 12.8. The average Bonchev–Trinajstić information content (AvgIpc) is 3.38. The van der Waals surface area contributed by atoms with Gasteiger partial charge in [0.2, 0.25) is 0 Å². The predicted molar refractivity (Wildman–Crippen MR) is 113 cm³/mol. The summed E-state index contributed by atoms with van der Waals surface area (Å²) in [5.41, 5.74) is 1.41. The summed E-state index contributed by atoms with van der Waals surface area (Å²) < 4.78 is 40.5. The van der Waals surface area contributed by atoms with Crippen molar-refractivity contribution in [1.29, 1.82) is 0 Å². The number of aliphatic hydroxyl groups excluding tert-OH is 1. The molecule has 2 fully saturated rings. The zero-order valence-electron chi connectivity index (χ0n) is 17.0. The molecule has 2 aliphatic rings. The molecule has 1 N–H and O–H groups in total. The van der Waals surface area contributed by atoms with Crippen molar-refractivity contribution < 1.29 is 18.3 Å². The molecule has 5 rings (SSSR count). The third kappa shape index (κ3) is 4.16. The topological polar surface area (TPSA) is 57.4 Å². The van der Waals surface area contributed by atoms with E-state index in [2.05, 4.69) is 30.4 Å². The predicted octanol–water partition coefficient (Wildman–Crippen LogP) is 3.30. The zero-order chi connectivity index (χ0) is 21.6. The molecule has 0 atom stereocenters. The van der Waals surface area contributed by atoms with Crippen molar-refractivity contribution in [2.45, 2.75) is 32.1 Å². The number of hydrogen-bond donors (Lipinski definition) is 1. The van der Waals surface area contributed by atoms with Crippen molar-refractivity contribution in [1.82, 2.24) is 19.4 Å². The molecule has 0 aliphatic carbocycles. The Hall–Kier alpha value is -2.17. The molecule has 3 aromatic heterocycles. The molecule has 0 unspecified atom stereocenters. The van der Waals surface area contributed by atoms with Crippen LogP contribution < -0.4 is 4.90 Å². The average molecular weight is 452 g/mol. The number of thiophene rings is 1. The van der Waals surface area contributed by atoms with E-state index in [1.807, 2.05) is 12.3 Å². The van der Waals surface area contributed by atoms with Crippen LogP contribution >= 0.6 is 11.3 Å². The fraction of sp³-hybridized carbons (Fsp3) is 0.524. The minimum atomic E-state index is -4.22. The lowest BCUT2D eigenvalue weighted by Crippen LogP contribution is -2.57. The Balaban J connectivity index is 1.26. The van der Waals surface area contributed by atoms with Gasteiger partial charge in [0.15, 0.2) is 0 Å². The molecule has 2 aliphatic heterocycles. The molecule has 0 saturated carbocycles. The maximum absolute atomic E-state index is 12.8. The Morgan fingerprint density at radius 2 is 2.03 bits per heavy atom. The van der Waals surface area contributed by atoms with Crippen LogP contribution in [-0.4, -0.2) is 63.5 Å². The molecule has 0 amide bonds. The number of likely N-dealkylation sites (tertiary alicyclic amines) is 1. The first-order valence-corrected chi connectivity index (χ1v) is 11.2. The molecule has 6 nitrogen and oxygen atoms in total. The highest BCUT2D eigenvalue weighted by Gasteiger charge is 2.48. The number of rotatable bonds is 6. The molecule has 0 bridgehead atoms. The summed E-state index contributed by atoms with van der Waals surface area (Å²) in [6.07, 6.45) is -0.652. The molecular formula is C21H24F3N5OS. The van der Waals surface area contributed by atoms with Gasteiger partial charge in [-0.15, -0.1) is 11.3 Å². The molecule has 31 heavy (non-hydrogen) atoms. The molecule has 3 aromatic rings. The van der Waals surface area contributed by atoms with Crippen LogP contribution in [0, 0.1) is 5.41 Å². The van der Waals surface area contributed by atoms with Crippen molar-refractivity contribution in [2.75, 3.05) is 37.7 Å². The first-order chi connectivity index (χ1) is 14.8. The lowest BCUT2D eigenvalue weighted by molar-refractivity contribution is -0.126. The quantitative estimate of drug-likeness (QED) is 0.623. The SMILES string of the molecule is OCCn1cccc1CN1CC2(CCN(c3ncnc4sc(CC(F)(F)F)cc34)C2)C1. The highest BCUT2D eigenvalue weighted by atomic mass is 32.1. The largest absolute Gasteiger partial charge is 0.395 e. The summed E-state index contributed by atoms with van der Waals surface area (Å²) in [6.45, 7) is 5.29. The highest BCUT2D eigenvalue weighted by Crippen LogP contribution is 2.43. The van der Waals surface area contributed by atoms with E-state index in [9.17, 15) is 18.3 Å². The van der Waals surface area contributed by atoms with Crippen molar-refractivity contribution in [3.05, 3.63) is 41.3 Å². The number of aromatic nitrogens is 3. The minimum Gasteiger partial charge on any atom is -0.395 e. The molecule has 1 spiro atoms. The molecule has 5 heterocycles. The second-order valence-electron chi connectivity index (χ2n) is 8.65. The number of fused-ring (bicyclic) bond motifs is 1. The van der Waals surface area contributed by atoms with Crippen molar-refractivity contribution in [3.63, 3.8) is 0 Å². The van der Waals surface area contributed by atoms with E-state index in [0.29, 0.717) is 11.4 Å². The Morgan fingerprint density at radius 3 is 2.81 bits per heavy atom. The number of alkyl halides is 3. The number of hydrogen-bond acceptors (Lipinski definition) is 6. The van der Waals surface area contributed by atoms with Crippen LogP contribution in [0.5, 0.6) is 0 Å². The van der Waals surface area contributed by atoms with Gasteiger partial charge in [-0.05, 0) is 24.6 Å². The summed E-state index contributed by atoms with van der Waals surface area (Å²) in [7, 11) is 0. The summed E-state index contributed by atoms with van der Waals surface area (Å²) in [4.78, 5) is 14.1. The summed E-state index contributed by atoms with van der Waals surface area (Å²) >= 11 is 1.10. The lowest BCUT2D eigenvalue weighted by Gasteiger charge is -2.48.